The van der Waals surface area contributed by atoms with Gasteiger partial charge in [-0.15, -0.1) is 0 Å². The molecule has 6 heteroatoms. The van der Waals surface area contributed by atoms with E-state index >= 15 is 0 Å². The lowest BCUT2D eigenvalue weighted by Gasteiger charge is -2.32. The molecule has 0 bridgehead atoms. The van der Waals surface area contributed by atoms with Gasteiger partial charge >= 0.3 is 0 Å². The summed E-state index contributed by atoms with van der Waals surface area (Å²) in [4.78, 5) is 19.3. The van der Waals surface area contributed by atoms with E-state index in [1.54, 1.807) is 24.8 Å². The van der Waals surface area contributed by atoms with Crippen molar-refractivity contribution in [1.82, 2.24) is 24.8 Å². The van der Waals surface area contributed by atoms with E-state index in [1.165, 1.54) is 0 Å². The number of morpholine rings is 1. The van der Waals surface area contributed by atoms with Crippen LogP contribution in [0.2, 0.25) is 0 Å². The van der Waals surface area contributed by atoms with Gasteiger partial charge in [-0.1, -0.05) is 0 Å². The van der Waals surface area contributed by atoms with E-state index in [0.29, 0.717) is 6.61 Å². The van der Waals surface area contributed by atoms with Crippen LogP contribution in [0.3, 0.4) is 0 Å². The number of hydrogen-bond donors (Lipinski definition) is 0. The van der Waals surface area contributed by atoms with Gasteiger partial charge in [-0.2, -0.15) is 0 Å². The van der Waals surface area contributed by atoms with E-state index in [0.717, 1.165) is 36.8 Å². The average molecular weight is 271 g/mol. The van der Waals surface area contributed by atoms with Crippen LogP contribution in [0, 0.1) is 6.92 Å². The van der Waals surface area contributed by atoms with Gasteiger partial charge in [0.25, 0.3) is 0 Å². The molecule has 0 spiro atoms. The number of rotatable bonds is 3. The molecule has 3 heterocycles. The van der Waals surface area contributed by atoms with Crippen molar-refractivity contribution in [2.75, 3.05) is 19.7 Å². The molecule has 1 fully saturated rings. The van der Waals surface area contributed by atoms with Gasteiger partial charge in [-0.05, 0) is 13.0 Å². The first-order chi connectivity index (χ1) is 9.81. The Bertz CT molecular complexity index is 563. The largest absolute Gasteiger partial charge is 0.369 e. The van der Waals surface area contributed by atoms with Crippen molar-refractivity contribution in [2.45, 2.75) is 19.6 Å². The third-order valence-electron chi connectivity index (χ3n) is 3.28. The van der Waals surface area contributed by atoms with Crippen LogP contribution in [-0.4, -0.2) is 44.5 Å². The molecule has 0 amide bonds. The van der Waals surface area contributed by atoms with Crippen LogP contribution in [0.1, 0.15) is 23.3 Å². The van der Waals surface area contributed by atoms with Crippen LogP contribution in [0.4, 0.5) is 0 Å². The predicted octanol–water partition coefficient (Wildman–Crippen LogP) is 1.15. The van der Waals surface area contributed by atoms with E-state index in [-0.39, 0.29) is 6.10 Å². The van der Waals surface area contributed by atoms with E-state index < -0.39 is 0 Å². The fourth-order valence-corrected chi connectivity index (χ4v) is 2.32. The van der Waals surface area contributed by atoms with Crippen LogP contribution >= 0.6 is 0 Å². The van der Waals surface area contributed by atoms with Crippen molar-refractivity contribution in [1.29, 1.82) is 0 Å². The molecule has 1 atom stereocenters. The summed E-state index contributed by atoms with van der Waals surface area (Å²) in [6, 6.07) is 1.96. The Hall–Kier alpha value is -1.92. The van der Waals surface area contributed by atoms with Crippen LogP contribution in [-0.2, 0) is 11.3 Å². The second-order valence-corrected chi connectivity index (χ2v) is 4.82. The highest BCUT2D eigenvalue weighted by atomic mass is 16.5. The number of nitrogens with zero attached hydrogens (tertiary/aromatic N) is 5. The molecule has 6 nitrogen and oxygen atoms in total. The summed E-state index contributed by atoms with van der Waals surface area (Å²) in [5, 5.41) is 0. The number of aromatic nitrogens is 4. The molecule has 0 saturated carbocycles. The van der Waals surface area contributed by atoms with E-state index in [2.05, 4.69) is 24.8 Å². The van der Waals surface area contributed by atoms with Crippen LogP contribution in [0.5, 0.6) is 0 Å². The summed E-state index contributed by atoms with van der Waals surface area (Å²) in [6.07, 6.45) is 6.93. The number of ether oxygens (including phenoxy) is 1. The molecular formula is C14H17N5O. The third kappa shape index (κ3) is 3.15. The van der Waals surface area contributed by atoms with Crippen molar-refractivity contribution >= 4 is 0 Å². The Morgan fingerprint density at radius 1 is 1.30 bits per heavy atom. The first kappa shape index (κ1) is 13.1. The second kappa shape index (κ2) is 6.02. The molecule has 1 saturated heterocycles. The molecule has 1 aliphatic heterocycles. The Balaban J connectivity index is 1.66. The third-order valence-corrected chi connectivity index (χ3v) is 3.28. The lowest BCUT2D eigenvalue weighted by molar-refractivity contribution is -0.0355. The minimum Gasteiger partial charge on any atom is -0.369 e. The Morgan fingerprint density at radius 3 is 3.05 bits per heavy atom. The van der Waals surface area contributed by atoms with Gasteiger partial charge in [0.05, 0.1) is 24.2 Å². The van der Waals surface area contributed by atoms with Crippen LogP contribution in [0.25, 0.3) is 0 Å². The smallest absolute Gasteiger partial charge is 0.125 e. The molecule has 104 valence electrons. The second-order valence-electron chi connectivity index (χ2n) is 4.82. The maximum atomic E-state index is 5.78. The molecule has 0 aliphatic carbocycles. The molecule has 2 aromatic rings. The Kier molecular flexibility index (Phi) is 3.94. The summed E-state index contributed by atoms with van der Waals surface area (Å²) < 4.78 is 5.78. The van der Waals surface area contributed by atoms with Gasteiger partial charge in [0.2, 0.25) is 0 Å². The quantitative estimate of drug-likeness (QED) is 0.834. The fraction of sp³-hybridized carbons (Fsp3) is 0.429. The minimum atomic E-state index is -0.0135. The summed E-state index contributed by atoms with van der Waals surface area (Å²) in [5.74, 6) is 0.807. The minimum absolute atomic E-state index is 0.0135. The monoisotopic (exact) mass is 271 g/mol. The van der Waals surface area contributed by atoms with Gasteiger partial charge < -0.3 is 4.74 Å². The van der Waals surface area contributed by atoms with E-state index in [9.17, 15) is 0 Å². The summed E-state index contributed by atoms with van der Waals surface area (Å²) >= 11 is 0. The predicted molar refractivity (Wildman–Crippen MR) is 72.8 cm³/mol. The zero-order valence-corrected chi connectivity index (χ0v) is 11.4. The van der Waals surface area contributed by atoms with Crippen molar-refractivity contribution in [2.24, 2.45) is 0 Å². The highest BCUT2D eigenvalue weighted by molar-refractivity contribution is 5.04. The molecule has 20 heavy (non-hydrogen) atoms. The van der Waals surface area contributed by atoms with Gasteiger partial charge in [0.15, 0.2) is 0 Å². The molecule has 3 rings (SSSR count). The lowest BCUT2D eigenvalue weighted by atomic mass is 10.2. The van der Waals surface area contributed by atoms with Gasteiger partial charge in [-0.25, -0.2) is 9.97 Å². The maximum Gasteiger partial charge on any atom is 0.125 e. The number of hydrogen-bond acceptors (Lipinski definition) is 6. The van der Waals surface area contributed by atoms with Crippen molar-refractivity contribution in [3.05, 3.63) is 48.1 Å². The zero-order valence-electron chi connectivity index (χ0n) is 11.4. The van der Waals surface area contributed by atoms with E-state index in [4.69, 9.17) is 4.74 Å². The first-order valence-corrected chi connectivity index (χ1v) is 6.69. The maximum absolute atomic E-state index is 5.78. The molecule has 2 aromatic heterocycles. The molecular weight excluding hydrogens is 254 g/mol. The van der Waals surface area contributed by atoms with Crippen LogP contribution < -0.4 is 0 Å². The van der Waals surface area contributed by atoms with E-state index in [1.807, 2.05) is 13.0 Å². The van der Waals surface area contributed by atoms with Crippen molar-refractivity contribution in [3.8, 4) is 0 Å². The molecule has 0 radical (unpaired) electrons. The topological polar surface area (TPSA) is 64.0 Å². The number of aryl methyl sites for hydroxylation is 1. The van der Waals surface area contributed by atoms with Crippen molar-refractivity contribution in [3.63, 3.8) is 0 Å². The first-order valence-electron chi connectivity index (χ1n) is 6.69. The fourth-order valence-electron chi connectivity index (χ4n) is 2.32. The Morgan fingerprint density at radius 2 is 2.25 bits per heavy atom. The summed E-state index contributed by atoms with van der Waals surface area (Å²) in [7, 11) is 0. The molecule has 1 unspecified atom stereocenters. The highest BCUT2D eigenvalue weighted by Gasteiger charge is 2.23. The SMILES string of the molecule is Cc1nccc(CN2CCOC(c3cnccn3)C2)n1. The highest BCUT2D eigenvalue weighted by Crippen LogP contribution is 2.20. The normalized spacial score (nSPS) is 19.9. The summed E-state index contributed by atoms with van der Waals surface area (Å²) in [5.41, 5.74) is 1.92. The van der Waals surface area contributed by atoms with Gasteiger partial charge in [0.1, 0.15) is 11.9 Å². The van der Waals surface area contributed by atoms with Gasteiger partial charge in [-0.3, -0.25) is 14.9 Å². The molecule has 1 aliphatic rings. The van der Waals surface area contributed by atoms with Crippen LogP contribution in [0.15, 0.2) is 30.9 Å². The molecule has 0 aromatic carbocycles. The Labute approximate surface area is 117 Å². The van der Waals surface area contributed by atoms with Crippen molar-refractivity contribution < 1.29 is 4.74 Å². The zero-order chi connectivity index (χ0) is 13.8. The average Bonchev–Trinajstić information content (AvgIpc) is 2.48. The standard InChI is InChI=1S/C14H17N5O/c1-11-16-3-2-12(18-11)9-19-6-7-20-14(10-19)13-8-15-4-5-17-13/h2-5,8,14H,6-7,9-10H2,1H3. The molecule has 0 N–H and O–H groups in total. The lowest BCUT2D eigenvalue weighted by Crippen LogP contribution is -2.38. The summed E-state index contributed by atoms with van der Waals surface area (Å²) in [6.45, 7) is 5.13. The van der Waals surface area contributed by atoms with Gasteiger partial charge in [0, 0.05) is 38.2 Å².